The molecule has 1 N–H and O–H groups in total. The lowest BCUT2D eigenvalue weighted by molar-refractivity contribution is -0.148. The fourth-order valence-electron chi connectivity index (χ4n) is 0.676. The molecule has 3 heteroatoms. The molecule has 2 rings (SSSR count). The van der Waals surface area contributed by atoms with Gasteiger partial charge in [0.2, 0.25) is 5.78 Å². The van der Waals surface area contributed by atoms with E-state index < -0.39 is 11.8 Å². The summed E-state index contributed by atoms with van der Waals surface area (Å²) in [6, 6.07) is 8.48. The van der Waals surface area contributed by atoms with Crippen LogP contribution in [-0.2, 0) is 9.59 Å². The third kappa shape index (κ3) is 2.20. The van der Waals surface area contributed by atoms with Crippen LogP contribution >= 0.6 is 0 Å². The van der Waals surface area contributed by atoms with Crippen molar-refractivity contribution in [2.45, 2.75) is 6.92 Å². The van der Waals surface area contributed by atoms with Crippen LogP contribution in [0.15, 0.2) is 24.3 Å². The average molecular weight is 164 g/mol. The largest absolute Gasteiger partial charge is 0.476 e. The zero-order valence-electron chi connectivity index (χ0n) is 6.57. The smallest absolute Gasteiger partial charge is 0.371 e. The van der Waals surface area contributed by atoms with Crippen molar-refractivity contribution in [1.29, 1.82) is 0 Å². The number of ketones is 1. The van der Waals surface area contributed by atoms with Gasteiger partial charge in [-0.1, -0.05) is 18.2 Å². The molecule has 0 saturated heterocycles. The van der Waals surface area contributed by atoms with Gasteiger partial charge in [0.05, 0.1) is 0 Å². The van der Waals surface area contributed by atoms with E-state index in [0.717, 1.165) is 6.92 Å². The van der Waals surface area contributed by atoms with Gasteiger partial charge in [-0.05, 0) is 17.2 Å². The van der Waals surface area contributed by atoms with E-state index in [-0.39, 0.29) is 0 Å². The molecule has 0 radical (unpaired) electrons. The van der Waals surface area contributed by atoms with Crippen molar-refractivity contribution in [1.82, 2.24) is 0 Å². The first-order valence-corrected chi connectivity index (χ1v) is 3.45. The number of hydrogen-bond donors (Lipinski definition) is 1. The molecule has 0 unspecified atom stereocenters. The van der Waals surface area contributed by atoms with Gasteiger partial charge < -0.3 is 5.11 Å². The second kappa shape index (κ2) is 3.17. The Labute approximate surface area is 69.6 Å². The average Bonchev–Trinajstić information content (AvgIpc) is 2.60. The zero-order valence-corrected chi connectivity index (χ0v) is 6.57. The number of Topliss-reactive ketones (excluding diaryl/α,β-unsaturated/α-hetero) is 1. The van der Waals surface area contributed by atoms with Crippen molar-refractivity contribution >= 4 is 11.8 Å². The van der Waals surface area contributed by atoms with Crippen LogP contribution in [0.2, 0.25) is 0 Å². The molecule has 0 atom stereocenters. The van der Waals surface area contributed by atoms with Gasteiger partial charge in [-0.25, -0.2) is 4.79 Å². The van der Waals surface area contributed by atoms with Crippen molar-refractivity contribution in [3.8, 4) is 11.1 Å². The van der Waals surface area contributed by atoms with Crippen LogP contribution in [-0.4, -0.2) is 16.9 Å². The second-order valence-electron chi connectivity index (χ2n) is 2.44. The molecule has 0 amide bonds. The topological polar surface area (TPSA) is 54.4 Å². The number of benzene rings is 1. The molecule has 2 aliphatic rings. The summed E-state index contributed by atoms with van der Waals surface area (Å²) in [5, 5.41) is 7.64. The fraction of sp³-hybridized carbons (Fsp3) is 0.111. The van der Waals surface area contributed by atoms with E-state index in [1.165, 1.54) is 11.1 Å². The van der Waals surface area contributed by atoms with E-state index >= 15 is 0 Å². The monoisotopic (exact) mass is 164 g/mol. The molecule has 0 saturated carbocycles. The Hall–Kier alpha value is -1.64. The van der Waals surface area contributed by atoms with Gasteiger partial charge in [-0.3, -0.25) is 4.79 Å². The highest BCUT2D eigenvalue weighted by Gasteiger charge is 2.06. The van der Waals surface area contributed by atoms with Crippen LogP contribution in [0.1, 0.15) is 6.92 Å². The molecule has 0 heterocycles. The highest BCUT2D eigenvalue weighted by molar-refractivity contribution is 6.31. The van der Waals surface area contributed by atoms with Gasteiger partial charge in [0.1, 0.15) is 0 Å². The third-order valence-corrected chi connectivity index (χ3v) is 1.41. The van der Waals surface area contributed by atoms with Crippen molar-refractivity contribution in [3.63, 3.8) is 0 Å². The molecule has 12 heavy (non-hydrogen) atoms. The molecule has 0 bridgehead atoms. The van der Waals surface area contributed by atoms with E-state index in [1.807, 2.05) is 0 Å². The van der Waals surface area contributed by atoms with E-state index in [1.54, 1.807) is 0 Å². The number of carbonyl (C=O) groups excluding carboxylic acids is 1. The first-order valence-electron chi connectivity index (χ1n) is 3.45. The summed E-state index contributed by atoms with van der Waals surface area (Å²) in [6.45, 7) is 1.00. The van der Waals surface area contributed by atoms with Gasteiger partial charge in [0, 0.05) is 6.92 Å². The molecular weight excluding hydrogens is 156 g/mol. The number of rotatable bonds is 1. The van der Waals surface area contributed by atoms with Crippen LogP contribution in [0.5, 0.6) is 0 Å². The highest BCUT2D eigenvalue weighted by atomic mass is 16.4. The number of fused-ring (bicyclic) bond motifs is 1. The van der Waals surface area contributed by atoms with Crippen molar-refractivity contribution in [2.24, 2.45) is 0 Å². The van der Waals surface area contributed by atoms with E-state index in [9.17, 15) is 9.59 Å². The summed E-state index contributed by atoms with van der Waals surface area (Å²) in [7, 11) is 0. The van der Waals surface area contributed by atoms with Gasteiger partial charge in [-0.2, -0.15) is 0 Å². The Balaban J connectivity index is 0.000000120. The fourth-order valence-corrected chi connectivity index (χ4v) is 0.676. The first kappa shape index (κ1) is 8.46. The maximum atomic E-state index is 9.54. The Morgan fingerprint density at radius 3 is 1.75 bits per heavy atom. The van der Waals surface area contributed by atoms with Gasteiger partial charge in [0.15, 0.2) is 0 Å². The predicted molar refractivity (Wildman–Crippen MR) is 43.8 cm³/mol. The molecule has 0 aromatic heterocycles. The SMILES string of the molecule is CC(=O)C(=O)O.c1cc2cc-2c1. The van der Waals surface area contributed by atoms with Crippen molar-refractivity contribution < 1.29 is 14.7 Å². The summed E-state index contributed by atoms with van der Waals surface area (Å²) in [6.07, 6.45) is 0. The first-order chi connectivity index (χ1) is 5.61. The van der Waals surface area contributed by atoms with Crippen LogP contribution in [0.4, 0.5) is 0 Å². The zero-order chi connectivity index (χ0) is 9.14. The summed E-state index contributed by atoms with van der Waals surface area (Å²) < 4.78 is 0. The van der Waals surface area contributed by atoms with Gasteiger partial charge in [-0.15, -0.1) is 0 Å². The van der Waals surface area contributed by atoms with E-state index in [0.29, 0.717) is 0 Å². The lowest BCUT2D eigenvalue weighted by atomic mass is 10.5. The molecule has 0 aliphatic heterocycles. The molecule has 0 aromatic rings. The molecule has 0 fully saturated rings. The van der Waals surface area contributed by atoms with Crippen LogP contribution in [0.25, 0.3) is 11.1 Å². The van der Waals surface area contributed by atoms with Crippen molar-refractivity contribution in [3.05, 3.63) is 24.3 Å². The second-order valence-corrected chi connectivity index (χ2v) is 2.44. The molecule has 2 aliphatic carbocycles. The number of hydrogen-bond acceptors (Lipinski definition) is 2. The number of carboxylic acid groups (broad SMARTS) is 1. The number of carbonyl (C=O) groups is 2. The quantitative estimate of drug-likeness (QED) is 0.647. The third-order valence-electron chi connectivity index (χ3n) is 1.41. The minimum absolute atomic E-state index is 0.824. The van der Waals surface area contributed by atoms with Crippen LogP contribution in [0, 0.1) is 0 Å². The number of aliphatic carboxylic acids is 1. The predicted octanol–water partition coefficient (Wildman–Crippen LogP) is 1.33. The lowest BCUT2D eigenvalue weighted by Gasteiger charge is -1.73. The molecule has 0 aromatic carbocycles. The normalized spacial score (nSPS) is 9.42. The summed E-state index contributed by atoms with van der Waals surface area (Å²) in [4.78, 5) is 18.9. The minimum atomic E-state index is -1.38. The van der Waals surface area contributed by atoms with Crippen LogP contribution in [0.3, 0.4) is 0 Å². The van der Waals surface area contributed by atoms with E-state index in [2.05, 4.69) is 24.3 Å². The summed E-state index contributed by atoms with van der Waals surface area (Å²) in [5.41, 5.74) is 2.85. The highest BCUT2D eigenvalue weighted by Crippen LogP contribution is 2.32. The Kier molecular flexibility index (Phi) is 2.24. The Morgan fingerprint density at radius 2 is 1.67 bits per heavy atom. The minimum Gasteiger partial charge on any atom is -0.476 e. The summed E-state index contributed by atoms with van der Waals surface area (Å²) in [5.74, 6) is -2.20. The van der Waals surface area contributed by atoms with Crippen molar-refractivity contribution in [2.75, 3.05) is 0 Å². The van der Waals surface area contributed by atoms with Crippen LogP contribution < -0.4 is 0 Å². The lowest BCUT2D eigenvalue weighted by Crippen LogP contribution is -2.05. The molecule has 3 nitrogen and oxygen atoms in total. The molecule has 0 spiro atoms. The maximum absolute atomic E-state index is 9.54. The van der Waals surface area contributed by atoms with Gasteiger partial charge in [0.25, 0.3) is 0 Å². The molecule has 62 valence electrons. The standard InChI is InChI=1S/C6H4.C3H4O3/c1-2-5-4-6(5)3-1;1-2(4)3(5)6/h1-4H;1H3,(H,5,6). The van der Waals surface area contributed by atoms with E-state index in [4.69, 9.17) is 5.11 Å². The Morgan fingerprint density at radius 1 is 1.25 bits per heavy atom. The molecular formula is C9H8O3. The number of carboxylic acids is 1. The summed E-state index contributed by atoms with van der Waals surface area (Å²) >= 11 is 0. The maximum Gasteiger partial charge on any atom is 0.371 e. The van der Waals surface area contributed by atoms with Gasteiger partial charge >= 0.3 is 5.97 Å². The Bertz CT molecular complexity index is 299.